The molecular weight excluding hydrogens is 357 g/mol. The van der Waals surface area contributed by atoms with Crippen molar-refractivity contribution in [3.8, 4) is 10.6 Å². The normalized spacial score (nSPS) is 10.4. The van der Waals surface area contributed by atoms with Crippen LogP contribution in [0.1, 0.15) is 26.4 Å². The molecule has 0 radical (unpaired) electrons. The van der Waals surface area contributed by atoms with Gasteiger partial charge in [-0.25, -0.2) is 19.0 Å². The van der Waals surface area contributed by atoms with Crippen molar-refractivity contribution in [2.75, 3.05) is 7.11 Å². The summed E-state index contributed by atoms with van der Waals surface area (Å²) in [6.45, 7) is -0.0357. The summed E-state index contributed by atoms with van der Waals surface area (Å²) in [5, 5.41) is 2.46. The van der Waals surface area contributed by atoms with Crippen LogP contribution in [0.3, 0.4) is 0 Å². The number of carbonyl (C=O) groups excluding carboxylic acids is 2. The molecule has 0 bridgehead atoms. The Balaban J connectivity index is 1.69. The van der Waals surface area contributed by atoms with Gasteiger partial charge in [0.25, 0.3) is 0 Å². The number of nitrogens with zero attached hydrogens (tertiary/aromatic N) is 1. The third-order valence-electron chi connectivity index (χ3n) is 3.55. The molecule has 0 saturated carbocycles. The average Bonchev–Trinajstić information content (AvgIpc) is 3.15. The molecule has 0 amide bonds. The van der Waals surface area contributed by atoms with E-state index in [1.54, 1.807) is 29.6 Å². The molecule has 0 saturated heterocycles. The van der Waals surface area contributed by atoms with Gasteiger partial charge in [0.05, 0.1) is 23.9 Å². The second kappa shape index (κ2) is 7.88. The highest BCUT2D eigenvalue weighted by atomic mass is 32.1. The van der Waals surface area contributed by atoms with Crippen LogP contribution in [0.4, 0.5) is 4.39 Å². The quantitative estimate of drug-likeness (QED) is 0.632. The zero-order valence-electron chi connectivity index (χ0n) is 13.8. The van der Waals surface area contributed by atoms with E-state index in [0.717, 1.165) is 5.56 Å². The van der Waals surface area contributed by atoms with Crippen LogP contribution >= 0.6 is 11.3 Å². The fourth-order valence-electron chi connectivity index (χ4n) is 2.26. The molecule has 0 spiro atoms. The van der Waals surface area contributed by atoms with Crippen molar-refractivity contribution < 1.29 is 23.5 Å². The molecule has 132 valence electrons. The Bertz CT molecular complexity index is 937. The highest BCUT2D eigenvalue weighted by Crippen LogP contribution is 2.24. The van der Waals surface area contributed by atoms with Gasteiger partial charge in [-0.2, -0.15) is 0 Å². The van der Waals surface area contributed by atoms with Crippen LogP contribution < -0.4 is 0 Å². The highest BCUT2D eigenvalue weighted by Gasteiger charge is 2.18. The second-order valence-electron chi connectivity index (χ2n) is 5.26. The first-order valence-corrected chi connectivity index (χ1v) is 8.51. The minimum atomic E-state index is -0.637. The minimum Gasteiger partial charge on any atom is -0.465 e. The van der Waals surface area contributed by atoms with Crippen LogP contribution in [-0.4, -0.2) is 24.0 Å². The maximum atomic E-state index is 13.0. The smallest absolute Gasteiger partial charge is 0.339 e. The van der Waals surface area contributed by atoms with E-state index in [1.165, 1.54) is 42.7 Å². The van der Waals surface area contributed by atoms with Gasteiger partial charge in [-0.05, 0) is 36.4 Å². The van der Waals surface area contributed by atoms with Gasteiger partial charge in [-0.3, -0.25) is 0 Å². The summed E-state index contributed by atoms with van der Waals surface area (Å²) in [5.41, 5.74) is 1.63. The zero-order chi connectivity index (χ0) is 18.5. The van der Waals surface area contributed by atoms with Gasteiger partial charge in [0.1, 0.15) is 17.4 Å². The first-order chi connectivity index (χ1) is 12.6. The van der Waals surface area contributed by atoms with Crippen LogP contribution in [0.15, 0.2) is 53.9 Å². The zero-order valence-corrected chi connectivity index (χ0v) is 14.6. The summed E-state index contributed by atoms with van der Waals surface area (Å²) in [7, 11) is 1.25. The molecule has 1 heterocycles. The number of esters is 2. The van der Waals surface area contributed by atoms with E-state index in [0.29, 0.717) is 10.7 Å². The Morgan fingerprint density at radius 2 is 1.69 bits per heavy atom. The monoisotopic (exact) mass is 371 g/mol. The SMILES string of the molecule is COC(=O)c1ccccc1C(=O)OCc1csc(-c2ccc(F)cc2)n1. The molecular formula is C19H14FNO4S. The predicted molar refractivity (Wildman–Crippen MR) is 94.4 cm³/mol. The Morgan fingerprint density at radius 3 is 2.35 bits per heavy atom. The number of hydrogen-bond acceptors (Lipinski definition) is 6. The molecule has 7 heteroatoms. The number of thiazole rings is 1. The number of ether oxygens (including phenoxy) is 2. The van der Waals surface area contributed by atoms with E-state index < -0.39 is 11.9 Å². The lowest BCUT2D eigenvalue weighted by Crippen LogP contribution is -2.12. The van der Waals surface area contributed by atoms with Gasteiger partial charge in [0.2, 0.25) is 0 Å². The molecule has 3 aromatic rings. The Labute approximate surface area is 153 Å². The molecule has 5 nitrogen and oxygen atoms in total. The summed E-state index contributed by atoms with van der Waals surface area (Å²) in [6, 6.07) is 12.3. The van der Waals surface area contributed by atoms with Gasteiger partial charge in [0.15, 0.2) is 0 Å². The molecule has 0 atom stereocenters. The molecule has 0 aliphatic heterocycles. The summed E-state index contributed by atoms with van der Waals surface area (Å²) in [6.07, 6.45) is 0. The fourth-order valence-corrected chi connectivity index (χ4v) is 3.08. The van der Waals surface area contributed by atoms with Crippen LogP contribution in [0, 0.1) is 5.82 Å². The topological polar surface area (TPSA) is 65.5 Å². The predicted octanol–water partition coefficient (Wildman–Crippen LogP) is 4.09. The molecule has 2 aromatic carbocycles. The van der Waals surface area contributed by atoms with Crippen molar-refractivity contribution in [2.45, 2.75) is 6.61 Å². The number of carbonyl (C=O) groups is 2. The van der Waals surface area contributed by atoms with E-state index in [4.69, 9.17) is 4.74 Å². The van der Waals surface area contributed by atoms with E-state index in [-0.39, 0.29) is 23.6 Å². The van der Waals surface area contributed by atoms with Crippen LogP contribution in [0.5, 0.6) is 0 Å². The summed E-state index contributed by atoms with van der Waals surface area (Å²) < 4.78 is 22.9. The van der Waals surface area contributed by atoms with Crippen molar-refractivity contribution in [2.24, 2.45) is 0 Å². The van der Waals surface area contributed by atoms with Gasteiger partial charge in [-0.15, -0.1) is 11.3 Å². The first kappa shape index (κ1) is 17.8. The summed E-state index contributed by atoms with van der Waals surface area (Å²) >= 11 is 1.37. The van der Waals surface area contributed by atoms with Crippen molar-refractivity contribution in [1.29, 1.82) is 0 Å². The number of halogens is 1. The van der Waals surface area contributed by atoms with E-state index in [1.807, 2.05) is 0 Å². The summed E-state index contributed by atoms with van der Waals surface area (Å²) in [4.78, 5) is 28.4. The number of benzene rings is 2. The first-order valence-electron chi connectivity index (χ1n) is 7.63. The van der Waals surface area contributed by atoms with Gasteiger partial charge in [-0.1, -0.05) is 12.1 Å². The molecule has 0 aliphatic rings. The van der Waals surface area contributed by atoms with Crippen LogP contribution in [0.2, 0.25) is 0 Å². The van der Waals surface area contributed by atoms with Crippen molar-refractivity contribution >= 4 is 23.3 Å². The van der Waals surface area contributed by atoms with Crippen molar-refractivity contribution in [3.05, 3.63) is 76.5 Å². The van der Waals surface area contributed by atoms with Crippen LogP contribution in [-0.2, 0) is 16.1 Å². The number of hydrogen-bond donors (Lipinski definition) is 0. The molecule has 3 rings (SSSR count). The third-order valence-corrected chi connectivity index (χ3v) is 4.49. The second-order valence-corrected chi connectivity index (χ2v) is 6.12. The lowest BCUT2D eigenvalue weighted by atomic mass is 10.1. The van der Waals surface area contributed by atoms with Crippen molar-refractivity contribution in [1.82, 2.24) is 4.98 Å². The fraction of sp³-hybridized carbons (Fsp3) is 0.105. The molecule has 0 fully saturated rings. The highest BCUT2D eigenvalue weighted by molar-refractivity contribution is 7.13. The standard InChI is InChI=1S/C19H14FNO4S/c1-24-18(22)15-4-2-3-5-16(15)19(23)25-10-14-11-26-17(21-14)12-6-8-13(20)9-7-12/h2-9,11H,10H2,1H3. The van der Waals surface area contributed by atoms with E-state index >= 15 is 0 Å². The minimum absolute atomic E-state index is 0.0357. The Kier molecular flexibility index (Phi) is 5.38. The van der Waals surface area contributed by atoms with E-state index in [2.05, 4.69) is 9.72 Å². The molecule has 0 aliphatic carbocycles. The molecule has 0 unspecified atom stereocenters. The largest absolute Gasteiger partial charge is 0.465 e. The van der Waals surface area contributed by atoms with Gasteiger partial charge in [0, 0.05) is 10.9 Å². The molecule has 0 N–H and O–H groups in total. The molecule has 1 aromatic heterocycles. The Morgan fingerprint density at radius 1 is 1.04 bits per heavy atom. The number of aromatic nitrogens is 1. The lowest BCUT2D eigenvalue weighted by Gasteiger charge is -2.07. The lowest BCUT2D eigenvalue weighted by molar-refractivity contribution is 0.0454. The number of rotatable bonds is 5. The van der Waals surface area contributed by atoms with Gasteiger partial charge >= 0.3 is 11.9 Å². The van der Waals surface area contributed by atoms with Gasteiger partial charge < -0.3 is 9.47 Å². The van der Waals surface area contributed by atoms with E-state index in [9.17, 15) is 14.0 Å². The third kappa shape index (κ3) is 3.94. The Hall–Kier alpha value is -3.06. The average molecular weight is 371 g/mol. The summed E-state index contributed by atoms with van der Waals surface area (Å²) in [5.74, 6) is -1.56. The number of methoxy groups -OCH3 is 1. The maximum absolute atomic E-state index is 13.0. The maximum Gasteiger partial charge on any atom is 0.339 e. The van der Waals surface area contributed by atoms with Crippen LogP contribution in [0.25, 0.3) is 10.6 Å². The molecule has 26 heavy (non-hydrogen) atoms. The van der Waals surface area contributed by atoms with Crippen molar-refractivity contribution in [3.63, 3.8) is 0 Å².